The van der Waals surface area contributed by atoms with Gasteiger partial charge in [0.2, 0.25) is 53.2 Å². The maximum absolute atomic E-state index is 15.3. The van der Waals surface area contributed by atoms with Gasteiger partial charge in [0, 0.05) is 106 Å². The van der Waals surface area contributed by atoms with Crippen molar-refractivity contribution in [3.05, 3.63) is 154 Å². The second-order valence-electron chi connectivity index (χ2n) is 32.1. The van der Waals surface area contributed by atoms with E-state index in [0.29, 0.717) is 58.3 Å². The molecule has 0 radical (unpaired) electrons. The first-order valence-electron chi connectivity index (χ1n) is 41.9. The summed E-state index contributed by atoms with van der Waals surface area (Å²) < 4.78 is 29.7. The summed E-state index contributed by atoms with van der Waals surface area (Å²) in [5.74, 6) is -8.63. The number of H-pyrrole nitrogens is 1. The van der Waals surface area contributed by atoms with Gasteiger partial charge in [0.05, 0.1) is 50.2 Å². The van der Waals surface area contributed by atoms with Crippen molar-refractivity contribution in [2.24, 2.45) is 11.7 Å². The number of nitrogens with two attached hydrogens (primary N) is 1. The van der Waals surface area contributed by atoms with Gasteiger partial charge in [0.15, 0.2) is 5.72 Å². The van der Waals surface area contributed by atoms with Crippen molar-refractivity contribution in [2.45, 2.75) is 208 Å². The van der Waals surface area contributed by atoms with Gasteiger partial charge in [-0.15, -0.1) is 0 Å². The second-order valence-corrected chi connectivity index (χ2v) is 37.8. The molecule has 5 aromatic rings. The number of esters is 1. The van der Waals surface area contributed by atoms with Crippen LogP contribution in [0.15, 0.2) is 127 Å². The summed E-state index contributed by atoms with van der Waals surface area (Å²) in [6.07, 6.45) is -1.09. The fourth-order valence-corrected chi connectivity index (χ4v) is 19.4. The van der Waals surface area contributed by atoms with Crippen LogP contribution in [0.1, 0.15) is 102 Å². The van der Waals surface area contributed by atoms with Crippen LogP contribution < -0.4 is 68.5 Å². The third-order valence-corrected chi connectivity index (χ3v) is 27.8. The summed E-state index contributed by atoms with van der Waals surface area (Å²) in [5.41, 5.74) is 6.94. The lowest BCUT2D eigenvalue weighted by molar-refractivity contribution is -0.162. The van der Waals surface area contributed by atoms with Gasteiger partial charge in [0.25, 0.3) is 0 Å². The predicted molar refractivity (Wildman–Crippen MR) is 485 cm³/mol. The fraction of sp³-hybridized carbons (Fsp3) is 0.517. The summed E-state index contributed by atoms with van der Waals surface area (Å²) in [7, 11) is 10.3. The van der Waals surface area contributed by atoms with Gasteiger partial charge in [0.1, 0.15) is 83.0 Å². The van der Waals surface area contributed by atoms with Gasteiger partial charge in [-0.3, -0.25) is 48.5 Å². The third-order valence-electron chi connectivity index (χ3n) is 22.6. The number of ether oxygens (including phenoxy) is 5. The molecular weight excluding hydrogens is 1740 g/mol. The number of halogens is 1. The van der Waals surface area contributed by atoms with Crippen LogP contribution in [0.3, 0.4) is 0 Å². The first-order valence-corrected chi connectivity index (χ1v) is 47.2. The Morgan fingerprint density at radius 2 is 1.46 bits per heavy atom. The number of hydrogen-bond acceptors (Lipinski definition) is 26. The van der Waals surface area contributed by atoms with Crippen molar-refractivity contribution < 1.29 is 102 Å². The Morgan fingerprint density at radius 3 is 2.14 bits per heavy atom. The minimum absolute atomic E-state index is 0.0323. The Labute approximate surface area is 758 Å². The summed E-state index contributed by atoms with van der Waals surface area (Å²) in [5, 5.41) is 71.5. The molecule has 17 N–H and O–H groups in total. The molecule has 4 aromatic carbocycles. The van der Waals surface area contributed by atoms with Gasteiger partial charge in [-0.05, 0) is 107 Å². The van der Waals surface area contributed by atoms with Crippen molar-refractivity contribution in [1.82, 2.24) is 63.1 Å². The SMILES string of the molecule is COc1cc2cc(c1Cl)N(C)C(=O)C[C@H](OC(=O)[C@H](C)N(C)C(=O)CCSSCCNC(=O)N[C@H](Cc1ccccc1)C(=O)N[C@H]1CSSC[C@@H](C(=O)N[C@H](CO)[C@@H](C)O)NC(=O)[C@H]([C@@H](C)O)NC(=O)[C@H](CCCCN)NC(=O)[C@@H](Cc3c[nH]c4ccccc34)NC(=O)[C@H](Cc3ccccc3)NC1=O)[C@]1(C)O[C@H]1[C@H](C)[C@@H]1C[C@@](O)(NC(=O)O1)[C@H](OC)/C=C/C=C(\C)C2. The number of amides is 12. The summed E-state index contributed by atoms with van der Waals surface area (Å²) in [6, 6.07) is 14.3. The van der Waals surface area contributed by atoms with Crippen LogP contribution in [0.5, 0.6) is 5.75 Å². The van der Waals surface area contributed by atoms with E-state index >= 15 is 19.2 Å². The number of nitrogens with one attached hydrogen (secondary N) is 11. The minimum Gasteiger partial charge on any atom is -0.495 e. The summed E-state index contributed by atoms with van der Waals surface area (Å²) in [4.78, 5) is 180. The van der Waals surface area contributed by atoms with Crippen molar-refractivity contribution in [3.8, 4) is 5.75 Å². The monoisotopic (exact) mass is 1860 g/mol. The molecule has 0 unspecified atom stereocenters. The standard InChI is InChI=1S/C87H117ClN14O21S4/c1-48-22-21-30-69(120-10)87(118)43-68(121-85(117)100-87)49(2)75-86(6,123-75)70(42-72(107)102(8)66-39-55(36-48)40-67(119-9)73(66)88)122-83(115)50(3)101(7)71(106)31-34-124-125-35-33-90-84(116)98-61(38-54-25-15-12-16-26-54)78(110)96-64-46-126-127-47-65(81(113)95-63(45-103)51(4)104)97-82(114)74(52(5)105)99-76(108)59(29-19-20-32-89)92-79(111)62(41-56-44-91-58-28-18-17-27-57(56)58)94-77(109)60(93-80(64)112)37-53-23-13-11-14-24-53/h11-18,21-28,30,39-40,44,49-52,59-65,68-70,74-75,91,103-105,118H,19-20,29,31-38,41-43,45-47,89H2,1-10H3,(H,92,111)(H,93,112)(H,94,109)(H,95,113)(H,96,110)(H,97,114)(H,99,108)(H,100,117)(H2,90,98,116)/b30-21+,48-22+/t49-,50+,51-,52-,59+,60+,61-,62-,63-,64+,65+,68+,69-,70+,74+,75+,86+,87+/m1/s1. The minimum atomic E-state index is -1.93. The van der Waals surface area contributed by atoms with E-state index in [-0.39, 0.29) is 79.6 Å². The van der Waals surface area contributed by atoms with Gasteiger partial charge < -0.3 is 112 Å². The molecule has 12 amide bonds. The molecule has 0 aliphatic carbocycles. The maximum Gasteiger partial charge on any atom is 0.409 e. The van der Waals surface area contributed by atoms with E-state index in [1.165, 1.54) is 80.5 Å². The quantitative estimate of drug-likeness (QED) is 0.0134. The second kappa shape index (κ2) is 48.1. The molecule has 9 rings (SSSR count). The number of unbranched alkanes of at least 4 members (excludes halogenated alkanes) is 1. The Morgan fingerprint density at radius 1 is 0.811 bits per heavy atom. The Balaban J connectivity index is 0.885. The molecule has 5 heterocycles. The first-order chi connectivity index (χ1) is 60.6. The Kier molecular flexibility index (Phi) is 38.3. The third kappa shape index (κ3) is 28.4. The molecule has 4 bridgehead atoms. The molecule has 35 nitrogen and oxygen atoms in total. The molecule has 4 aliphatic heterocycles. The van der Waals surface area contributed by atoms with Crippen molar-refractivity contribution in [2.75, 3.05) is 75.9 Å². The van der Waals surface area contributed by atoms with E-state index in [1.807, 2.05) is 31.2 Å². The normalized spacial score (nSPS) is 26.1. The highest BCUT2D eigenvalue weighted by molar-refractivity contribution is 8.77. The number of fused-ring (bicyclic) bond motifs is 6. The highest BCUT2D eigenvalue weighted by atomic mass is 35.5. The van der Waals surface area contributed by atoms with Crippen molar-refractivity contribution in [3.63, 3.8) is 0 Å². The molecule has 127 heavy (non-hydrogen) atoms. The molecule has 1 aromatic heterocycles. The predicted octanol–water partition coefficient (Wildman–Crippen LogP) is 3.83. The Hall–Kier alpha value is -9.65. The van der Waals surface area contributed by atoms with Gasteiger partial charge in [-0.25, -0.2) is 14.4 Å². The van der Waals surface area contributed by atoms with E-state index in [9.17, 15) is 58.8 Å². The lowest BCUT2D eigenvalue weighted by atomic mass is 9.83. The van der Waals surface area contributed by atoms with Gasteiger partial charge in [-0.1, -0.05) is 164 Å². The van der Waals surface area contributed by atoms with Crippen LogP contribution in [0.2, 0.25) is 5.02 Å². The number of aromatic amines is 1. The number of likely N-dealkylation sites (N-methyl/N-ethyl adjacent to an activating group) is 1. The molecule has 3 fully saturated rings. The number of urea groups is 1. The number of epoxide rings is 1. The number of aliphatic hydroxyl groups excluding tert-OH is 3. The van der Waals surface area contributed by atoms with Gasteiger partial charge in [-0.2, -0.15) is 0 Å². The number of hydrogen-bond donors (Lipinski definition) is 16. The number of aromatic nitrogens is 1. The number of aliphatic hydroxyl groups is 4. The van der Waals surface area contributed by atoms with Crippen molar-refractivity contribution in [1.29, 1.82) is 0 Å². The molecule has 18 atom stereocenters. The average Bonchev–Trinajstić information content (AvgIpc) is 1.57. The molecule has 3 saturated heterocycles. The number of methoxy groups -OCH3 is 2. The zero-order chi connectivity index (χ0) is 92.4. The van der Waals surface area contributed by atoms with Crippen LogP contribution in [0.4, 0.5) is 15.3 Å². The highest BCUT2D eigenvalue weighted by Gasteiger charge is 2.65. The number of carbonyl (C=O) groups excluding carboxylic acids is 12. The smallest absolute Gasteiger partial charge is 0.409 e. The van der Waals surface area contributed by atoms with Crippen LogP contribution in [-0.2, 0) is 92.6 Å². The maximum atomic E-state index is 15.3. The number of nitrogens with zero attached hydrogens (tertiary/aromatic N) is 2. The largest absolute Gasteiger partial charge is 0.495 e. The number of anilines is 1. The molecular formula is C87H117ClN14O21S4. The number of para-hydroxylation sites is 1. The summed E-state index contributed by atoms with van der Waals surface area (Å²) in [6.45, 7) is 8.86. The Bertz CT molecular complexity index is 4710. The number of rotatable bonds is 30. The fourth-order valence-electron chi connectivity index (χ4n) is 14.9. The van der Waals surface area contributed by atoms with Crippen LogP contribution in [0.25, 0.3) is 10.9 Å². The average molecular weight is 1860 g/mol. The number of alkyl carbamates (subject to hydrolysis) is 1. The summed E-state index contributed by atoms with van der Waals surface area (Å²) >= 11 is 6.89. The topological polar surface area (TPSA) is 504 Å². The first kappa shape index (κ1) is 101. The zero-order valence-electron chi connectivity index (χ0n) is 72.5. The number of carbonyl (C=O) groups is 12. The lowest BCUT2D eigenvalue weighted by Crippen LogP contribution is -2.63. The molecule has 0 saturated carbocycles. The molecule has 4 aliphatic rings. The number of allylic oxidation sites excluding steroid dienone is 3. The molecule has 40 heteroatoms. The zero-order valence-corrected chi connectivity index (χ0v) is 76.5. The highest BCUT2D eigenvalue weighted by Crippen LogP contribution is 2.49. The molecule has 0 spiro atoms. The van der Waals surface area contributed by atoms with E-state index in [1.54, 1.807) is 111 Å². The van der Waals surface area contributed by atoms with E-state index < -0.39 is 193 Å². The molecule has 692 valence electrons. The van der Waals surface area contributed by atoms with Gasteiger partial charge >= 0.3 is 18.1 Å². The van der Waals surface area contributed by atoms with E-state index in [4.69, 9.17) is 41.0 Å². The van der Waals surface area contributed by atoms with Crippen LogP contribution in [-0.4, -0.2) is 275 Å². The lowest BCUT2D eigenvalue weighted by Gasteiger charge is -2.42. The van der Waals surface area contributed by atoms with Crippen molar-refractivity contribution >= 4 is 143 Å². The van der Waals surface area contributed by atoms with E-state index in [0.717, 1.165) is 32.7 Å². The van der Waals surface area contributed by atoms with E-state index in [2.05, 4.69) is 58.2 Å². The number of benzene rings is 4. The van der Waals surface area contributed by atoms with Crippen LogP contribution in [0, 0.1) is 5.92 Å². The van der Waals surface area contributed by atoms with Crippen LogP contribution >= 0.6 is 54.8 Å².